The molecule has 0 spiro atoms. The standard InChI is InChI=1S/C21H19FN2/c1-13-14-7-4-5-10-19(14)23-12-17(13)20-15-8-6-9-18(22)16(15)11-21(2,3)24-20/h4-10,12H,11H2,1-3H3. The number of hydrogen-bond donors (Lipinski definition) is 0. The zero-order chi connectivity index (χ0) is 16.9. The lowest BCUT2D eigenvalue weighted by Crippen LogP contribution is -2.30. The normalized spacial score (nSPS) is 15.9. The third-order valence-electron chi connectivity index (χ3n) is 4.70. The summed E-state index contributed by atoms with van der Waals surface area (Å²) in [6.07, 6.45) is 2.48. The topological polar surface area (TPSA) is 25.2 Å². The van der Waals surface area contributed by atoms with E-state index in [4.69, 9.17) is 4.99 Å². The van der Waals surface area contributed by atoms with Gasteiger partial charge in [0.2, 0.25) is 0 Å². The van der Waals surface area contributed by atoms with Crippen molar-refractivity contribution in [3.05, 3.63) is 76.7 Å². The number of aliphatic imine (C=N–C) groups is 1. The van der Waals surface area contributed by atoms with E-state index in [1.54, 1.807) is 6.07 Å². The van der Waals surface area contributed by atoms with Crippen molar-refractivity contribution in [3.8, 4) is 0 Å². The first-order valence-electron chi connectivity index (χ1n) is 8.19. The second-order valence-electron chi connectivity index (χ2n) is 7.03. The summed E-state index contributed by atoms with van der Waals surface area (Å²) in [6, 6.07) is 13.3. The van der Waals surface area contributed by atoms with E-state index in [-0.39, 0.29) is 11.4 Å². The van der Waals surface area contributed by atoms with Crippen LogP contribution in [0.4, 0.5) is 4.39 Å². The van der Waals surface area contributed by atoms with Crippen LogP contribution in [-0.4, -0.2) is 16.2 Å². The third kappa shape index (κ3) is 2.32. The average molecular weight is 318 g/mol. The molecule has 3 heteroatoms. The third-order valence-corrected chi connectivity index (χ3v) is 4.70. The molecule has 0 N–H and O–H groups in total. The van der Waals surface area contributed by atoms with Gasteiger partial charge >= 0.3 is 0 Å². The van der Waals surface area contributed by atoms with Gasteiger partial charge in [-0.15, -0.1) is 0 Å². The Bertz CT molecular complexity index is 986. The molecule has 0 radical (unpaired) electrons. The van der Waals surface area contributed by atoms with Crippen LogP contribution in [0.5, 0.6) is 0 Å². The highest BCUT2D eigenvalue weighted by Crippen LogP contribution is 2.32. The molecule has 0 bridgehead atoms. The van der Waals surface area contributed by atoms with Crippen molar-refractivity contribution in [2.24, 2.45) is 4.99 Å². The minimum absolute atomic E-state index is 0.153. The maximum Gasteiger partial charge on any atom is 0.127 e. The minimum Gasteiger partial charge on any atom is -0.278 e. The van der Waals surface area contributed by atoms with Gasteiger partial charge in [0.1, 0.15) is 5.82 Å². The Morgan fingerprint density at radius 3 is 2.62 bits per heavy atom. The Hall–Kier alpha value is -2.55. The number of benzene rings is 2. The minimum atomic E-state index is -0.331. The molecule has 24 heavy (non-hydrogen) atoms. The molecule has 0 atom stereocenters. The van der Waals surface area contributed by atoms with Crippen LogP contribution < -0.4 is 0 Å². The molecule has 4 rings (SSSR count). The number of nitrogens with zero attached hydrogens (tertiary/aromatic N) is 2. The number of fused-ring (bicyclic) bond motifs is 2. The molecular weight excluding hydrogens is 299 g/mol. The van der Waals surface area contributed by atoms with E-state index in [9.17, 15) is 4.39 Å². The fourth-order valence-corrected chi connectivity index (χ4v) is 3.52. The van der Waals surface area contributed by atoms with Gasteiger partial charge in [0.15, 0.2) is 0 Å². The van der Waals surface area contributed by atoms with Gasteiger partial charge in [-0.3, -0.25) is 9.98 Å². The monoisotopic (exact) mass is 318 g/mol. The maximum absolute atomic E-state index is 14.4. The van der Waals surface area contributed by atoms with E-state index >= 15 is 0 Å². The molecule has 0 fully saturated rings. The second-order valence-corrected chi connectivity index (χ2v) is 7.03. The summed E-state index contributed by atoms with van der Waals surface area (Å²) in [5.41, 5.74) is 5.23. The SMILES string of the molecule is Cc1c(C2=NC(C)(C)Cc3c(F)cccc32)cnc2ccccc12. The van der Waals surface area contributed by atoms with Crippen molar-refractivity contribution in [1.29, 1.82) is 0 Å². The number of halogens is 1. The fourth-order valence-electron chi connectivity index (χ4n) is 3.52. The Balaban J connectivity index is 2.01. The number of pyridine rings is 1. The van der Waals surface area contributed by atoms with Crippen molar-refractivity contribution < 1.29 is 4.39 Å². The first kappa shape index (κ1) is 15.0. The lowest BCUT2D eigenvalue weighted by Gasteiger charge is -2.30. The van der Waals surface area contributed by atoms with Gasteiger partial charge in [0.25, 0.3) is 0 Å². The summed E-state index contributed by atoms with van der Waals surface area (Å²) in [7, 11) is 0. The van der Waals surface area contributed by atoms with Crippen LogP contribution in [0.2, 0.25) is 0 Å². The molecule has 0 saturated carbocycles. The van der Waals surface area contributed by atoms with Crippen LogP contribution >= 0.6 is 0 Å². The molecule has 1 aromatic heterocycles. The van der Waals surface area contributed by atoms with Crippen molar-refractivity contribution in [1.82, 2.24) is 4.98 Å². The Morgan fingerprint density at radius 2 is 1.79 bits per heavy atom. The fraction of sp³-hybridized carbons (Fsp3) is 0.238. The first-order valence-corrected chi connectivity index (χ1v) is 8.19. The van der Waals surface area contributed by atoms with Crippen molar-refractivity contribution >= 4 is 16.6 Å². The Morgan fingerprint density at radius 1 is 1.00 bits per heavy atom. The lowest BCUT2D eigenvalue weighted by molar-refractivity contribution is 0.492. The van der Waals surface area contributed by atoms with Gasteiger partial charge < -0.3 is 0 Å². The number of para-hydroxylation sites is 1. The number of rotatable bonds is 1. The molecular formula is C21H19FN2. The molecule has 0 unspecified atom stereocenters. The Kier molecular flexibility index (Phi) is 3.27. The second kappa shape index (κ2) is 5.23. The Labute approximate surface area is 141 Å². The van der Waals surface area contributed by atoms with E-state index in [0.717, 1.165) is 38.9 Å². The highest BCUT2D eigenvalue weighted by Gasteiger charge is 2.30. The zero-order valence-electron chi connectivity index (χ0n) is 14.1. The molecule has 2 aromatic carbocycles. The molecule has 2 nitrogen and oxygen atoms in total. The lowest BCUT2D eigenvalue weighted by atomic mass is 9.84. The maximum atomic E-state index is 14.4. The van der Waals surface area contributed by atoms with Crippen molar-refractivity contribution in [2.45, 2.75) is 32.7 Å². The van der Waals surface area contributed by atoms with Crippen LogP contribution in [-0.2, 0) is 6.42 Å². The van der Waals surface area contributed by atoms with Crippen LogP contribution in [0.3, 0.4) is 0 Å². The van der Waals surface area contributed by atoms with E-state index in [2.05, 4.69) is 18.0 Å². The smallest absolute Gasteiger partial charge is 0.127 e. The summed E-state index contributed by atoms with van der Waals surface area (Å²) in [5.74, 6) is -0.153. The van der Waals surface area contributed by atoms with Crippen molar-refractivity contribution in [3.63, 3.8) is 0 Å². The molecule has 1 aliphatic rings. The quantitative estimate of drug-likeness (QED) is 0.629. The predicted octanol–water partition coefficient (Wildman–Crippen LogP) is 4.85. The average Bonchev–Trinajstić information content (AvgIpc) is 2.55. The molecule has 0 amide bonds. The molecule has 0 aliphatic carbocycles. The number of aromatic nitrogens is 1. The highest BCUT2D eigenvalue weighted by molar-refractivity contribution is 6.16. The van der Waals surface area contributed by atoms with Crippen LogP contribution in [0.1, 0.15) is 36.1 Å². The van der Waals surface area contributed by atoms with Gasteiger partial charge in [-0.1, -0.05) is 30.3 Å². The largest absolute Gasteiger partial charge is 0.278 e. The van der Waals surface area contributed by atoms with Gasteiger partial charge in [0, 0.05) is 29.1 Å². The molecule has 3 aromatic rings. The van der Waals surface area contributed by atoms with Crippen LogP contribution in [0, 0.1) is 12.7 Å². The summed E-state index contributed by atoms with van der Waals surface area (Å²) >= 11 is 0. The molecule has 0 saturated heterocycles. The first-order chi connectivity index (χ1) is 11.5. The predicted molar refractivity (Wildman–Crippen MR) is 96.3 cm³/mol. The summed E-state index contributed by atoms with van der Waals surface area (Å²) < 4.78 is 14.4. The summed E-state index contributed by atoms with van der Waals surface area (Å²) in [5, 5.41) is 1.11. The van der Waals surface area contributed by atoms with E-state index in [1.807, 2.05) is 44.3 Å². The summed E-state index contributed by atoms with van der Waals surface area (Å²) in [6.45, 7) is 6.18. The van der Waals surface area contributed by atoms with Gasteiger partial charge in [-0.2, -0.15) is 0 Å². The van der Waals surface area contributed by atoms with E-state index in [1.165, 1.54) is 6.07 Å². The molecule has 2 heterocycles. The van der Waals surface area contributed by atoms with E-state index in [0.29, 0.717) is 6.42 Å². The zero-order valence-corrected chi connectivity index (χ0v) is 14.1. The van der Waals surface area contributed by atoms with Crippen LogP contribution in [0.25, 0.3) is 10.9 Å². The van der Waals surface area contributed by atoms with Gasteiger partial charge in [-0.25, -0.2) is 4.39 Å². The molecule has 1 aliphatic heterocycles. The van der Waals surface area contributed by atoms with Crippen molar-refractivity contribution in [2.75, 3.05) is 0 Å². The van der Waals surface area contributed by atoms with E-state index < -0.39 is 0 Å². The summed E-state index contributed by atoms with van der Waals surface area (Å²) in [4.78, 5) is 9.53. The van der Waals surface area contributed by atoms with Crippen LogP contribution in [0.15, 0.2) is 53.7 Å². The van der Waals surface area contributed by atoms with Gasteiger partial charge in [-0.05, 0) is 44.0 Å². The highest BCUT2D eigenvalue weighted by atomic mass is 19.1. The van der Waals surface area contributed by atoms with Gasteiger partial charge in [0.05, 0.1) is 16.8 Å². The number of aryl methyl sites for hydroxylation is 1. The molecule has 120 valence electrons. The number of hydrogen-bond acceptors (Lipinski definition) is 2.